The van der Waals surface area contributed by atoms with Gasteiger partial charge in [0.15, 0.2) is 9.04 Å². The monoisotopic (exact) mass is 351 g/mol. The van der Waals surface area contributed by atoms with Crippen molar-refractivity contribution in [1.29, 1.82) is 0 Å². The van der Waals surface area contributed by atoms with Gasteiger partial charge in [-0.3, -0.25) is 14.2 Å². The number of carbonyl (C=O) groups is 2. The molecule has 1 N–H and O–H groups in total. The first-order valence-electron chi connectivity index (χ1n) is 8.49. The summed E-state index contributed by atoms with van der Waals surface area (Å²) in [5.74, 6) is -0.784. The molecule has 0 aliphatic carbocycles. The van der Waals surface area contributed by atoms with Crippen molar-refractivity contribution in [2.45, 2.75) is 59.4 Å². The van der Waals surface area contributed by atoms with Crippen LogP contribution in [0.5, 0.6) is 0 Å². The highest BCUT2D eigenvalue weighted by Crippen LogP contribution is 2.46. The van der Waals surface area contributed by atoms with Crippen LogP contribution in [0.25, 0.3) is 0 Å². The molecular formula is C17H29N3O3Si. The Morgan fingerprint density at radius 2 is 2.00 bits per heavy atom. The number of carbonyl (C=O) groups excluding carboxylic acids is 2. The highest BCUT2D eigenvalue weighted by molar-refractivity contribution is 6.48. The second kappa shape index (κ2) is 6.44. The maximum atomic E-state index is 12.6. The summed E-state index contributed by atoms with van der Waals surface area (Å²) in [5, 5.41) is 2.93. The van der Waals surface area contributed by atoms with Gasteiger partial charge in [0.05, 0.1) is 23.5 Å². The van der Waals surface area contributed by atoms with Crippen molar-refractivity contribution in [2.75, 3.05) is 0 Å². The SMILES string of the molecule is C[C@@H](C(=O)n1ccnc1)[C@@H]1NC(=O)[C@@H]1[C@@](C)(O[SiH](C)C)C(C)(C)C. The van der Waals surface area contributed by atoms with Gasteiger partial charge in [0.1, 0.15) is 6.33 Å². The molecule has 0 unspecified atom stereocenters. The lowest BCUT2D eigenvalue weighted by molar-refractivity contribution is -0.161. The van der Waals surface area contributed by atoms with Gasteiger partial charge < -0.3 is 9.74 Å². The Balaban J connectivity index is 2.29. The van der Waals surface area contributed by atoms with Crippen LogP contribution in [0.3, 0.4) is 0 Å². The smallest absolute Gasteiger partial charge is 0.236 e. The van der Waals surface area contributed by atoms with E-state index < -0.39 is 14.6 Å². The predicted molar refractivity (Wildman–Crippen MR) is 95.3 cm³/mol. The third kappa shape index (κ3) is 3.19. The molecule has 2 heterocycles. The minimum atomic E-state index is -1.37. The Morgan fingerprint density at radius 1 is 1.38 bits per heavy atom. The standard InChI is InChI=1S/C17H29N3O3Si/c1-11(15(22)20-9-8-18-10-20)13-12(14(21)19-13)17(5,16(2,3)4)23-24(6)7/h8-13,24H,1-7H3,(H,19,21)/t11-,12-,13+,17-/m1/s1. The van der Waals surface area contributed by atoms with Crippen LogP contribution in [0.2, 0.25) is 13.1 Å². The molecule has 0 bridgehead atoms. The number of nitrogens with zero attached hydrogens (tertiary/aromatic N) is 2. The van der Waals surface area contributed by atoms with E-state index in [0.29, 0.717) is 0 Å². The second-order valence-electron chi connectivity index (χ2n) is 8.13. The number of hydrogen-bond acceptors (Lipinski definition) is 4. The lowest BCUT2D eigenvalue weighted by Gasteiger charge is -2.55. The molecule has 7 heteroatoms. The summed E-state index contributed by atoms with van der Waals surface area (Å²) < 4.78 is 7.85. The van der Waals surface area contributed by atoms with E-state index in [0.717, 1.165) is 0 Å². The molecule has 24 heavy (non-hydrogen) atoms. The summed E-state index contributed by atoms with van der Waals surface area (Å²) in [4.78, 5) is 29.0. The lowest BCUT2D eigenvalue weighted by Crippen LogP contribution is -2.72. The maximum absolute atomic E-state index is 12.6. The molecule has 0 saturated carbocycles. The quantitative estimate of drug-likeness (QED) is 0.651. The fourth-order valence-electron chi connectivity index (χ4n) is 3.40. The van der Waals surface area contributed by atoms with E-state index in [9.17, 15) is 9.59 Å². The molecule has 4 atom stereocenters. The number of rotatable bonds is 5. The van der Waals surface area contributed by atoms with Crippen LogP contribution >= 0.6 is 0 Å². The lowest BCUT2D eigenvalue weighted by atomic mass is 9.62. The van der Waals surface area contributed by atoms with Gasteiger partial charge in [-0.2, -0.15) is 0 Å². The van der Waals surface area contributed by atoms with Crippen LogP contribution in [0.4, 0.5) is 0 Å². The average Bonchev–Trinajstić information content (AvgIpc) is 2.94. The molecule has 1 aliphatic rings. The zero-order valence-electron chi connectivity index (χ0n) is 15.7. The molecule has 0 spiro atoms. The Kier molecular flexibility index (Phi) is 5.06. The zero-order valence-corrected chi connectivity index (χ0v) is 16.8. The molecule has 1 amide bonds. The molecule has 0 radical (unpaired) electrons. The minimum Gasteiger partial charge on any atom is -0.414 e. The first-order chi connectivity index (χ1) is 11.0. The van der Waals surface area contributed by atoms with Crippen LogP contribution in [0, 0.1) is 17.3 Å². The first kappa shape index (κ1) is 18.9. The fourth-order valence-corrected chi connectivity index (χ4v) is 4.87. The van der Waals surface area contributed by atoms with E-state index in [1.54, 1.807) is 12.4 Å². The van der Waals surface area contributed by atoms with Crippen molar-refractivity contribution in [3.63, 3.8) is 0 Å². The van der Waals surface area contributed by atoms with Gasteiger partial charge in [0, 0.05) is 12.4 Å². The minimum absolute atomic E-state index is 0.0302. The van der Waals surface area contributed by atoms with Gasteiger partial charge in [-0.25, -0.2) is 4.98 Å². The number of nitrogens with one attached hydrogen (secondary N) is 1. The van der Waals surface area contributed by atoms with Crippen molar-refractivity contribution in [1.82, 2.24) is 14.9 Å². The Morgan fingerprint density at radius 3 is 2.42 bits per heavy atom. The number of imidazole rings is 1. The first-order valence-corrected chi connectivity index (χ1v) is 11.3. The Bertz CT molecular complexity index is 609. The van der Waals surface area contributed by atoms with Crippen molar-refractivity contribution < 1.29 is 14.0 Å². The molecule has 1 aliphatic heterocycles. The van der Waals surface area contributed by atoms with Gasteiger partial charge in [-0.1, -0.05) is 27.7 Å². The molecule has 1 saturated heterocycles. The van der Waals surface area contributed by atoms with E-state index in [2.05, 4.69) is 44.2 Å². The van der Waals surface area contributed by atoms with E-state index in [1.165, 1.54) is 10.9 Å². The maximum Gasteiger partial charge on any atom is 0.236 e. The third-order valence-electron chi connectivity index (χ3n) is 5.20. The number of hydrogen-bond donors (Lipinski definition) is 1. The van der Waals surface area contributed by atoms with E-state index in [-0.39, 0.29) is 35.1 Å². The normalized spacial score (nSPS) is 24.9. The number of β-lactam (4-membered cyclic amide) rings is 1. The molecule has 1 aromatic rings. The van der Waals surface area contributed by atoms with Gasteiger partial charge in [-0.15, -0.1) is 0 Å². The fraction of sp³-hybridized carbons (Fsp3) is 0.706. The molecule has 1 aromatic heterocycles. The van der Waals surface area contributed by atoms with Gasteiger partial charge in [-0.05, 0) is 25.4 Å². The van der Waals surface area contributed by atoms with Gasteiger partial charge >= 0.3 is 0 Å². The van der Waals surface area contributed by atoms with Crippen LogP contribution in [-0.2, 0) is 9.22 Å². The third-order valence-corrected chi connectivity index (χ3v) is 6.16. The largest absolute Gasteiger partial charge is 0.414 e. The summed E-state index contributed by atoms with van der Waals surface area (Å²) in [5.41, 5.74) is -0.827. The number of aromatic nitrogens is 2. The van der Waals surface area contributed by atoms with Crippen LogP contribution < -0.4 is 5.32 Å². The molecular weight excluding hydrogens is 322 g/mol. The van der Waals surface area contributed by atoms with Gasteiger partial charge in [0.2, 0.25) is 11.8 Å². The highest BCUT2D eigenvalue weighted by Gasteiger charge is 2.59. The summed E-state index contributed by atoms with van der Waals surface area (Å²) in [6.07, 6.45) is 4.71. The zero-order chi connectivity index (χ0) is 18.3. The van der Waals surface area contributed by atoms with E-state index >= 15 is 0 Å². The summed E-state index contributed by atoms with van der Waals surface area (Å²) in [6, 6.07) is -0.232. The van der Waals surface area contributed by atoms with Crippen molar-refractivity contribution in [3.8, 4) is 0 Å². The van der Waals surface area contributed by atoms with E-state index in [1.807, 2.05) is 13.8 Å². The van der Waals surface area contributed by atoms with Crippen molar-refractivity contribution >= 4 is 20.9 Å². The molecule has 134 valence electrons. The molecule has 1 fully saturated rings. The summed E-state index contributed by atoms with van der Waals surface area (Å²) in [6.45, 7) is 14.4. The Labute approximate surface area is 145 Å². The molecule has 0 aromatic carbocycles. The average molecular weight is 352 g/mol. The highest BCUT2D eigenvalue weighted by atomic mass is 28.3. The van der Waals surface area contributed by atoms with Crippen LogP contribution in [0.1, 0.15) is 39.4 Å². The topological polar surface area (TPSA) is 73.2 Å². The molecule has 6 nitrogen and oxygen atoms in total. The predicted octanol–water partition coefficient (Wildman–Crippen LogP) is 2.08. The molecule has 2 rings (SSSR count). The van der Waals surface area contributed by atoms with E-state index in [4.69, 9.17) is 4.43 Å². The van der Waals surface area contributed by atoms with Crippen LogP contribution in [-0.4, -0.2) is 42.0 Å². The second-order valence-corrected chi connectivity index (χ2v) is 10.5. The van der Waals surface area contributed by atoms with Gasteiger partial charge in [0.25, 0.3) is 0 Å². The van der Waals surface area contributed by atoms with Crippen molar-refractivity contribution in [2.24, 2.45) is 17.3 Å². The Hall–Kier alpha value is -1.47. The number of amides is 1. The summed E-state index contributed by atoms with van der Waals surface area (Å²) in [7, 11) is -1.37. The van der Waals surface area contributed by atoms with Crippen molar-refractivity contribution in [3.05, 3.63) is 18.7 Å². The van der Waals surface area contributed by atoms with Crippen LogP contribution in [0.15, 0.2) is 18.7 Å². The summed E-state index contributed by atoms with van der Waals surface area (Å²) >= 11 is 0.